The van der Waals surface area contributed by atoms with Gasteiger partial charge in [-0.25, -0.2) is 0 Å². The predicted molar refractivity (Wildman–Crippen MR) is 68.7 cm³/mol. The summed E-state index contributed by atoms with van der Waals surface area (Å²) in [4.78, 5) is 0. The molecule has 0 saturated heterocycles. The molecule has 0 fully saturated rings. The monoisotopic (exact) mass is 243 g/mol. The zero-order valence-electron chi connectivity index (χ0n) is 10.2. The Bertz CT molecular complexity index is 286. The highest BCUT2D eigenvalue weighted by molar-refractivity contribution is 6.17. The van der Waals surface area contributed by atoms with E-state index in [9.17, 15) is 0 Å². The van der Waals surface area contributed by atoms with Crippen molar-refractivity contribution >= 4 is 11.6 Å². The summed E-state index contributed by atoms with van der Waals surface area (Å²) < 4.78 is 1.95. The van der Waals surface area contributed by atoms with Crippen LogP contribution in [-0.4, -0.2) is 22.2 Å². The van der Waals surface area contributed by atoms with Gasteiger partial charge in [-0.05, 0) is 25.8 Å². The second kappa shape index (κ2) is 7.69. The van der Waals surface area contributed by atoms with Gasteiger partial charge in [-0.3, -0.25) is 4.68 Å². The van der Waals surface area contributed by atoms with Crippen molar-refractivity contribution in [3.8, 4) is 0 Å². The van der Waals surface area contributed by atoms with Gasteiger partial charge in [0.25, 0.3) is 0 Å². The van der Waals surface area contributed by atoms with Gasteiger partial charge in [0.15, 0.2) is 0 Å². The van der Waals surface area contributed by atoms with E-state index in [-0.39, 0.29) is 0 Å². The Labute approximate surface area is 103 Å². The van der Waals surface area contributed by atoms with Gasteiger partial charge in [-0.15, -0.1) is 11.6 Å². The molecule has 0 saturated carbocycles. The normalized spacial score (nSPS) is 12.9. The second-order valence-electron chi connectivity index (χ2n) is 4.09. The number of hydrogen-bond donors (Lipinski definition) is 1. The number of aromatic nitrogens is 2. The predicted octanol–water partition coefficient (Wildman–Crippen LogP) is 2.65. The van der Waals surface area contributed by atoms with Gasteiger partial charge in [0, 0.05) is 30.7 Å². The van der Waals surface area contributed by atoms with Crippen molar-refractivity contribution in [3.63, 3.8) is 0 Å². The third-order valence-electron chi connectivity index (χ3n) is 2.87. The van der Waals surface area contributed by atoms with E-state index in [4.69, 9.17) is 11.6 Å². The minimum atomic E-state index is 0.693. The van der Waals surface area contributed by atoms with Gasteiger partial charge in [-0.1, -0.05) is 13.3 Å². The summed E-state index contributed by atoms with van der Waals surface area (Å²) in [6.45, 7) is 7.19. The number of hydrogen-bond acceptors (Lipinski definition) is 2. The largest absolute Gasteiger partial charge is 0.312 e. The lowest BCUT2D eigenvalue weighted by Gasteiger charge is -2.13. The van der Waals surface area contributed by atoms with Crippen molar-refractivity contribution in [2.45, 2.75) is 39.8 Å². The second-order valence-corrected chi connectivity index (χ2v) is 4.47. The first kappa shape index (κ1) is 13.5. The van der Waals surface area contributed by atoms with Crippen LogP contribution in [-0.2, 0) is 13.1 Å². The maximum atomic E-state index is 5.75. The minimum absolute atomic E-state index is 0.693. The summed E-state index contributed by atoms with van der Waals surface area (Å²) in [6, 6.07) is 0. The maximum Gasteiger partial charge on any atom is 0.0534 e. The molecule has 0 aliphatic heterocycles. The molecular formula is C12H22ClN3. The molecule has 1 rings (SSSR count). The van der Waals surface area contributed by atoms with Crippen molar-refractivity contribution in [2.75, 3.05) is 12.4 Å². The Morgan fingerprint density at radius 1 is 1.50 bits per heavy atom. The summed E-state index contributed by atoms with van der Waals surface area (Å²) >= 11 is 5.75. The van der Waals surface area contributed by atoms with E-state index in [0.717, 1.165) is 31.9 Å². The van der Waals surface area contributed by atoms with Crippen LogP contribution in [0.4, 0.5) is 0 Å². The molecule has 4 heteroatoms. The SMILES string of the molecule is CCC(CCCl)CNCc1cnn(CC)c1. The summed E-state index contributed by atoms with van der Waals surface area (Å²) in [5.41, 5.74) is 1.25. The van der Waals surface area contributed by atoms with Crippen LogP contribution in [0.1, 0.15) is 32.3 Å². The van der Waals surface area contributed by atoms with E-state index >= 15 is 0 Å². The number of alkyl halides is 1. The molecule has 0 aliphatic carbocycles. The fraction of sp³-hybridized carbons (Fsp3) is 0.750. The average Bonchev–Trinajstić information content (AvgIpc) is 2.76. The summed E-state index contributed by atoms with van der Waals surface area (Å²) in [5, 5.41) is 7.71. The Morgan fingerprint density at radius 3 is 2.88 bits per heavy atom. The molecule has 16 heavy (non-hydrogen) atoms. The van der Waals surface area contributed by atoms with Crippen LogP contribution in [0.5, 0.6) is 0 Å². The third-order valence-corrected chi connectivity index (χ3v) is 3.09. The first-order chi connectivity index (χ1) is 7.80. The molecule has 1 heterocycles. The van der Waals surface area contributed by atoms with Gasteiger partial charge >= 0.3 is 0 Å². The van der Waals surface area contributed by atoms with E-state index < -0.39 is 0 Å². The van der Waals surface area contributed by atoms with Crippen molar-refractivity contribution in [1.29, 1.82) is 0 Å². The summed E-state index contributed by atoms with van der Waals surface area (Å²) in [6.07, 6.45) is 6.31. The minimum Gasteiger partial charge on any atom is -0.312 e. The number of halogens is 1. The van der Waals surface area contributed by atoms with E-state index in [0.29, 0.717) is 5.92 Å². The lowest BCUT2D eigenvalue weighted by molar-refractivity contribution is 0.451. The highest BCUT2D eigenvalue weighted by Crippen LogP contribution is 2.08. The molecule has 1 atom stereocenters. The topological polar surface area (TPSA) is 29.9 Å². The van der Waals surface area contributed by atoms with Crippen molar-refractivity contribution in [2.24, 2.45) is 5.92 Å². The van der Waals surface area contributed by atoms with Crippen LogP contribution in [0.2, 0.25) is 0 Å². The van der Waals surface area contributed by atoms with Crippen LogP contribution < -0.4 is 5.32 Å². The zero-order valence-corrected chi connectivity index (χ0v) is 11.0. The van der Waals surface area contributed by atoms with Crippen LogP contribution in [0.3, 0.4) is 0 Å². The Balaban J connectivity index is 2.23. The highest BCUT2D eigenvalue weighted by atomic mass is 35.5. The summed E-state index contributed by atoms with van der Waals surface area (Å²) in [5.74, 6) is 1.45. The molecule has 0 aliphatic rings. The maximum absolute atomic E-state index is 5.75. The number of rotatable bonds is 8. The van der Waals surface area contributed by atoms with Crippen LogP contribution >= 0.6 is 11.6 Å². The van der Waals surface area contributed by atoms with Crippen LogP contribution in [0, 0.1) is 5.92 Å². The molecule has 3 nitrogen and oxygen atoms in total. The fourth-order valence-electron chi connectivity index (χ4n) is 1.70. The van der Waals surface area contributed by atoms with Crippen molar-refractivity contribution < 1.29 is 0 Å². The van der Waals surface area contributed by atoms with E-state index in [1.54, 1.807) is 0 Å². The number of nitrogens with zero attached hydrogens (tertiary/aromatic N) is 2. The Hall–Kier alpha value is -0.540. The first-order valence-electron chi connectivity index (χ1n) is 6.08. The molecule has 0 radical (unpaired) electrons. The van der Waals surface area contributed by atoms with E-state index in [1.165, 1.54) is 12.0 Å². The molecule has 1 unspecified atom stereocenters. The van der Waals surface area contributed by atoms with Crippen LogP contribution in [0.15, 0.2) is 12.4 Å². The smallest absolute Gasteiger partial charge is 0.0534 e. The first-order valence-corrected chi connectivity index (χ1v) is 6.61. The van der Waals surface area contributed by atoms with Gasteiger partial charge in [0.05, 0.1) is 6.20 Å². The number of aryl methyl sites for hydroxylation is 1. The molecule has 92 valence electrons. The molecule has 0 spiro atoms. The molecule has 1 aromatic rings. The molecule has 1 aromatic heterocycles. The van der Waals surface area contributed by atoms with Gasteiger partial charge < -0.3 is 5.32 Å². The Kier molecular flexibility index (Phi) is 6.50. The van der Waals surface area contributed by atoms with Gasteiger partial charge in [0.1, 0.15) is 0 Å². The quantitative estimate of drug-likeness (QED) is 0.712. The van der Waals surface area contributed by atoms with E-state index in [2.05, 4.69) is 30.5 Å². The highest BCUT2D eigenvalue weighted by Gasteiger charge is 2.05. The van der Waals surface area contributed by atoms with E-state index in [1.807, 2.05) is 10.9 Å². The third kappa shape index (κ3) is 4.54. The standard InChI is InChI=1S/C12H22ClN3/c1-3-11(5-6-13)7-14-8-12-9-15-16(4-2)10-12/h9-11,14H,3-8H2,1-2H3. The molecule has 1 N–H and O–H groups in total. The fourth-order valence-corrected chi connectivity index (χ4v) is 2.00. The van der Waals surface area contributed by atoms with Crippen LogP contribution in [0.25, 0.3) is 0 Å². The molecule has 0 bridgehead atoms. The molecule has 0 amide bonds. The van der Waals surface area contributed by atoms with Crippen molar-refractivity contribution in [1.82, 2.24) is 15.1 Å². The lowest BCUT2D eigenvalue weighted by atomic mass is 10.0. The average molecular weight is 244 g/mol. The van der Waals surface area contributed by atoms with Gasteiger partial charge in [-0.2, -0.15) is 5.10 Å². The zero-order chi connectivity index (χ0) is 11.8. The summed E-state index contributed by atoms with van der Waals surface area (Å²) in [7, 11) is 0. The molecular weight excluding hydrogens is 222 g/mol. The number of nitrogens with one attached hydrogen (secondary N) is 1. The van der Waals surface area contributed by atoms with Crippen molar-refractivity contribution in [3.05, 3.63) is 18.0 Å². The van der Waals surface area contributed by atoms with Gasteiger partial charge in [0.2, 0.25) is 0 Å². The molecule has 0 aromatic carbocycles. The lowest BCUT2D eigenvalue weighted by Crippen LogP contribution is -2.22. The Morgan fingerprint density at radius 2 is 2.31 bits per heavy atom.